The second-order valence-electron chi connectivity index (χ2n) is 4.97. The molecule has 2 aromatic rings. The van der Waals surface area contributed by atoms with Gasteiger partial charge in [-0.15, -0.1) is 0 Å². The first-order valence-corrected chi connectivity index (χ1v) is 6.85. The molecule has 0 fully saturated rings. The zero-order valence-corrected chi connectivity index (χ0v) is 12.0. The van der Waals surface area contributed by atoms with Crippen molar-refractivity contribution in [3.05, 3.63) is 59.9 Å². The molecule has 0 aliphatic heterocycles. The Kier molecular flexibility index (Phi) is 5.33. The Balaban J connectivity index is 1.90. The number of nitrogens with one attached hydrogen (secondary N) is 1. The second-order valence-corrected chi connectivity index (χ2v) is 4.97. The van der Waals surface area contributed by atoms with Crippen LogP contribution in [0.25, 0.3) is 12.2 Å². The number of ether oxygens (including phenoxy) is 1. The molecule has 104 valence electrons. The van der Waals surface area contributed by atoms with Crippen molar-refractivity contribution in [3.8, 4) is 5.75 Å². The Labute approximate surface area is 120 Å². The fraction of sp³-hybridized carbons (Fsp3) is 0.235. The zero-order valence-electron chi connectivity index (χ0n) is 12.0. The van der Waals surface area contributed by atoms with Crippen molar-refractivity contribution in [2.45, 2.75) is 0 Å². The minimum atomic E-state index is 0.712. The average molecular weight is 269 g/mol. The lowest BCUT2D eigenvalue weighted by Crippen LogP contribution is -3.06. The molecule has 2 rings (SSSR count). The molecule has 0 unspecified atom stereocenters. The van der Waals surface area contributed by atoms with E-state index in [1.807, 2.05) is 36.4 Å². The Morgan fingerprint density at radius 3 is 2.50 bits per heavy atom. The highest BCUT2D eigenvalue weighted by atomic mass is 16.5. The second kappa shape index (κ2) is 7.46. The van der Waals surface area contributed by atoms with Crippen LogP contribution < -0.4 is 9.64 Å². The van der Waals surface area contributed by atoms with Crippen molar-refractivity contribution in [2.24, 2.45) is 0 Å². The minimum Gasteiger partial charge on any atom is -0.486 e. The van der Waals surface area contributed by atoms with Gasteiger partial charge in [0.05, 0.1) is 26.0 Å². The van der Waals surface area contributed by atoms with E-state index in [4.69, 9.17) is 4.74 Å². The van der Waals surface area contributed by atoms with Crippen LogP contribution in [0.2, 0.25) is 0 Å². The summed E-state index contributed by atoms with van der Waals surface area (Å²) in [4.78, 5) is 5.75. The first-order chi connectivity index (χ1) is 9.74. The van der Waals surface area contributed by atoms with Gasteiger partial charge >= 0.3 is 0 Å². The number of quaternary nitrogens is 1. The molecule has 0 atom stereocenters. The van der Waals surface area contributed by atoms with E-state index < -0.39 is 0 Å². The van der Waals surface area contributed by atoms with E-state index in [0.29, 0.717) is 6.61 Å². The summed E-state index contributed by atoms with van der Waals surface area (Å²) in [5.41, 5.74) is 2.10. The summed E-state index contributed by atoms with van der Waals surface area (Å²) in [5.74, 6) is 0.822. The molecule has 0 bridgehead atoms. The van der Waals surface area contributed by atoms with Crippen LogP contribution in [0, 0.1) is 0 Å². The normalized spacial score (nSPS) is 11.2. The Morgan fingerprint density at radius 1 is 1.05 bits per heavy atom. The maximum Gasteiger partial charge on any atom is 0.137 e. The van der Waals surface area contributed by atoms with Gasteiger partial charge in [0, 0.05) is 0 Å². The van der Waals surface area contributed by atoms with Crippen LogP contribution in [0.4, 0.5) is 0 Å². The molecule has 0 amide bonds. The molecule has 0 aliphatic rings. The quantitative estimate of drug-likeness (QED) is 0.865. The summed E-state index contributed by atoms with van der Waals surface area (Å²) in [5, 5.41) is 0. The summed E-state index contributed by atoms with van der Waals surface area (Å²) in [6.07, 6.45) is 5.83. The average Bonchev–Trinajstić information content (AvgIpc) is 2.47. The van der Waals surface area contributed by atoms with Crippen molar-refractivity contribution in [1.29, 1.82) is 0 Å². The largest absolute Gasteiger partial charge is 0.486 e. The predicted molar refractivity (Wildman–Crippen MR) is 82.8 cm³/mol. The molecule has 0 radical (unpaired) electrons. The van der Waals surface area contributed by atoms with E-state index in [0.717, 1.165) is 18.0 Å². The first-order valence-electron chi connectivity index (χ1n) is 6.85. The van der Waals surface area contributed by atoms with E-state index in [1.165, 1.54) is 10.5 Å². The molecule has 20 heavy (non-hydrogen) atoms. The Hall–Kier alpha value is -2.13. The summed E-state index contributed by atoms with van der Waals surface area (Å²) in [6.45, 7) is 1.69. The molecule has 0 saturated heterocycles. The van der Waals surface area contributed by atoms with Gasteiger partial charge in [0.25, 0.3) is 0 Å². The minimum absolute atomic E-state index is 0.712. The molecule has 0 saturated carbocycles. The number of benzene rings is 1. The number of hydrogen-bond donors (Lipinski definition) is 1. The third-order valence-electron chi connectivity index (χ3n) is 2.88. The van der Waals surface area contributed by atoms with Gasteiger partial charge in [-0.3, -0.25) is 4.98 Å². The standard InChI is InChI=1S/C17H20N2O/c1-19(2)12-13-20-17-11-10-16(18-14-17)9-8-15-6-4-3-5-7-15/h3-11,14H,12-13H2,1-2H3/p+1/b9-8+. The molecular formula is C17H21N2O+. The highest BCUT2D eigenvalue weighted by molar-refractivity contribution is 5.67. The molecule has 3 heteroatoms. The number of pyridine rings is 1. The fourth-order valence-electron chi connectivity index (χ4n) is 1.69. The summed E-state index contributed by atoms with van der Waals surface area (Å²) in [6, 6.07) is 14.1. The van der Waals surface area contributed by atoms with Crippen molar-refractivity contribution in [2.75, 3.05) is 27.2 Å². The van der Waals surface area contributed by atoms with Crippen molar-refractivity contribution in [1.82, 2.24) is 4.98 Å². The van der Waals surface area contributed by atoms with Gasteiger partial charge in [-0.25, -0.2) is 0 Å². The number of aromatic nitrogens is 1. The Bertz CT molecular complexity index is 533. The molecular weight excluding hydrogens is 248 g/mol. The van der Waals surface area contributed by atoms with Crippen LogP contribution in [-0.2, 0) is 0 Å². The SMILES string of the molecule is C[NH+](C)CCOc1ccc(/C=C/c2ccccc2)nc1. The van der Waals surface area contributed by atoms with Gasteiger partial charge in [-0.2, -0.15) is 0 Å². The molecule has 0 aliphatic carbocycles. The number of likely N-dealkylation sites (N-methyl/N-ethyl adjacent to an activating group) is 1. The lowest BCUT2D eigenvalue weighted by Gasteiger charge is -2.08. The molecule has 3 nitrogen and oxygen atoms in total. The van der Waals surface area contributed by atoms with Crippen LogP contribution >= 0.6 is 0 Å². The zero-order chi connectivity index (χ0) is 14.2. The van der Waals surface area contributed by atoms with Crippen molar-refractivity contribution in [3.63, 3.8) is 0 Å². The fourth-order valence-corrected chi connectivity index (χ4v) is 1.69. The third kappa shape index (κ3) is 4.86. The number of nitrogens with zero attached hydrogens (tertiary/aromatic N) is 1. The molecule has 0 spiro atoms. The van der Waals surface area contributed by atoms with E-state index in [1.54, 1.807) is 6.20 Å². The smallest absolute Gasteiger partial charge is 0.137 e. The van der Waals surface area contributed by atoms with E-state index in [2.05, 4.69) is 37.3 Å². The number of hydrogen-bond acceptors (Lipinski definition) is 2. The van der Waals surface area contributed by atoms with Crippen LogP contribution in [0.3, 0.4) is 0 Å². The van der Waals surface area contributed by atoms with Crippen molar-refractivity contribution < 1.29 is 9.64 Å². The summed E-state index contributed by atoms with van der Waals surface area (Å²) < 4.78 is 5.63. The van der Waals surface area contributed by atoms with Crippen LogP contribution in [0.15, 0.2) is 48.7 Å². The van der Waals surface area contributed by atoms with Gasteiger partial charge in [0.15, 0.2) is 0 Å². The number of rotatable bonds is 6. The van der Waals surface area contributed by atoms with Crippen LogP contribution in [0.5, 0.6) is 5.75 Å². The molecule has 1 N–H and O–H groups in total. The molecule has 1 aromatic carbocycles. The van der Waals surface area contributed by atoms with Gasteiger partial charge in [0.2, 0.25) is 0 Å². The lowest BCUT2D eigenvalue weighted by molar-refractivity contribution is -0.858. The first kappa shape index (κ1) is 14.3. The van der Waals surface area contributed by atoms with Gasteiger partial charge < -0.3 is 9.64 Å². The van der Waals surface area contributed by atoms with Crippen LogP contribution in [0.1, 0.15) is 11.3 Å². The Morgan fingerprint density at radius 2 is 1.85 bits per heavy atom. The molecule has 1 aromatic heterocycles. The van der Waals surface area contributed by atoms with Gasteiger partial charge in [0.1, 0.15) is 18.9 Å². The molecule has 1 heterocycles. The monoisotopic (exact) mass is 269 g/mol. The topological polar surface area (TPSA) is 26.6 Å². The lowest BCUT2D eigenvalue weighted by atomic mass is 10.2. The maximum atomic E-state index is 5.63. The summed E-state index contributed by atoms with van der Waals surface area (Å²) >= 11 is 0. The van der Waals surface area contributed by atoms with E-state index >= 15 is 0 Å². The van der Waals surface area contributed by atoms with Crippen LogP contribution in [-0.4, -0.2) is 32.2 Å². The third-order valence-corrected chi connectivity index (χ3v) is 2.88. The van der Waals surface area contributed by atoms with Gasteiger partial charge in [-0.05, 0) is 23.8 Å². The maximum absolute atomic E-state index is 5.63. The van der Waals surface area contributed by atoms with E-state index in [-0.39, 0.29) is 0 Å². The summed E-state index contributed by atoms with van der Waals surface area (Å²) in [7, 11) is 4.22. The van der Waals surface area contributed by atoms with Gasteiger partial charge in [-0.1, -0.05) is 36.4 Å². The highest BCUT2D eigenvalue weighted by Gasteiger charge is 1.97. The highest BCUT2D eigenvalue weighted by Crippen LogP contribution is 2.11. The van der Waals surface area contributed by atoms with Crippen molar-refractivity contribution >= 4 is 12.2 Å². The predicted octanol–water partition coefficient (Wildman–Crippen LogP) is 1.78. The van der Waals surface area contributed by atoms with E-state index in [9.17, 15) is 0 Å².